The number of rotatable bonds is 3. The number of halogens is 2. The number of nitrogens with zero attached hydrogens (tertiary/aromatic N) is 1. The molecular formula is C15H21F2NO3. The van der Waals surface area contributed by atoms with Crippen molar-refractivity contribution in [1.29, 1.82) is 0 Å². The van der Waals surface area contributed by atoms with E-state index in [9.17, 15) is 18.7 Å². The van der Waals surface area contributed by atoms with Gasteiger partial charge in [0.25, 0.3) is 0 Å². The van der Waals surface area contributed by atoms with Crippen molar-refractivity contribution in [2.45, 2.75) is 44.9 Å². The molecule has 118 valence electrons. The van der Waals surface area contributed by atoms with Gasteiger partial charge >= 0.3 is 0 Å². The van der Waals surface area contributed by atoms with E-state index in [1.165, 1.54) is 13.0 Å². The van der Waals surface area contributed by atoms with Crippen LogP contribution in [0.4, 0.5) is 8.78 Å². The molecule has 1 fully saturated rings. The quantitative estimate of drug-likeness (QED) is 0.865. The number of Topliss-reactive ketones (excluding diaryl/α,β-unsaturated/α-hetero) is 1. The Morgan fingerprint density at radius 1 is 1.43 bits per heavy atom. The Bertz CT molecular complexity index is 493. The fraction of sp³-hybridized carbons (Fsp3) is 0.667. The first kappa shape index (κ1) is 16.3. The fourth-order valence-electron chi connectivity index (χ4n) is 3.08. The Balaban J connectivity index is 2.40. The summed E-state index contributed by atoms with van der Waals surface area (Å²) in [7, 11) is 0. The van der Waals surface area contributed by atoms with Crippen molar-refractivity contribution >= 4 is 5.78 Å². The molecule has 6 heteroatoms. The second kappa shape index (κ2) is 5.94. The number of hydrogen-bond acceptors (Lipinski definition) is 4. The van der Waals surface area contributed by atoms with Crippen LogP contribution in [0.3, 0.4) is 0 Å². The fourth-order valence-corrected chi connectivity index (χ4v) is 3.08. The molecule has 0 bridgehead atoms. The van der Waals surface area contributed by atoms with Crippen LogP contribution in [0.5, 0.6) is 0 Å². The Morgan fingerprint density at radius 3 is 2.48 bits per heavy atom. The van der Waals surface area contributed by atoms with Gasteiger partial charge in [0, 0.05) is 19.5 Å². The van der Waals surface area contributed by atoms with Crippen LogP contribution >= 0.6 is 0 Å². The van der Waals surface area contributed by atoms with Crippen LogP contribution in [0.25, 0.3) is 0 Å². The highest BCUT2D eigenvalue weighted by molar-refractivity contribution is 5.97. The molecule has 0 spiro atoms. The highest BCUT2D eigenvalue weighted by atomic mass is 19.2. The Kier molecular flexibility index (Phi) is 4.60. The van der Waals surface area contributed by atoms with E-state index in [1.54, 1.807) is 0 Å². The molecule has 0 aromatic carbocycles. The van der Waals surface area contributed by atoms with Crippen molar-refractivity contribution in [2.24, 2.45) is 0 Å². The number of aliphatic hydroxyl groups is 1. The number of allylic oxidation sites excluding steroid dienone is 2. The highest BCUT2D eigenvalue weighted by Gasteiger charge is 2.43. The van der Waals surface area contributed by atoms with Crippen molar-refractivity contribution in [1.82, 2.24) is 4.90 Å². The third-order valence-corrected chi connectivity index (χ3v) is 4.05. The highest BCUT2D eigenvalue weighted by Crippen LogP contribution is 2.38. The van der Waals surface area contributed by atoms with E-state index in [0.29, 0.717) is 13.1 Å². The Hall–Kier alpha value is -1.11. The van der Waals surface area contributed by atoms with Gasteiger partial charge in [0.05, 0.1) is 29.9 Å². The molecule has 2 aliphatic rings. The monoisotopic (exact) mass is 301 g/mol. The number of morpholine rings is 1. The summed E-state index contributed by atoms with van der Waals surface area (Å²) in [5.74, 6) is -2.64. The molecule has 0 saturated carbocycles. The van der Waals surface area contributed by atoms with Crippen molar-refractivity contribution < 1.29 is 23.4 Å². The first-order valence-corrected chi connectivity index (χ1v) is 7.08. The normalized spacial score (nSPS) is 34.9. The van der Waals surface area contributed by atoms with Gasteiger partial charge in [-0.25, -0.2) is 8.78 Å². The lowest BCUT2D eigenvalue weighted by atomic mass is 9.84. The van der Waals surface area contributed by atoms with E-state index < -0.39 is 23.0 Å². The molecule has 1 saturated heterocycles. The summed E-state index contributed by atoms with van der Waals surface area (Å²) in [4.78, 5) is 13.4. The zero-order valence-corrected chi connectivity index (χ0v) is 12.5. The van der Waals surface area contributed by atoms with Crippen LogP contribution in [0, 0.1) is 0 Å². The zero-order chi connectivity index (χ0) is 15.8. The van der Waals surface area contributed by atoms with E-state index in [0.717, 1.165) is 0 Å². The number of ketones is 1. The minimum Gasteiger partial charge on any atom is -0.394 e. The van der Waals surface area contributed by atoms with E-state index in [1.807, 2.05) is 18.7 Å². The number of ether oxygens (including phenoxy) is 1. The Morgan fingerprint density at radius 2 is 2.00 bits per heavy atom. The van der Waals surface area contributed by atoms with Gasteiger partial charge in [-0.2, -0.15) is 0 Å². The molecule has 1 aliphatic carbocycles. The van der Waals surface area contributed by atoms with Crippen molar-refractivity contribution in [3.8, 4) is 0 Å². The second-order valence-corrected chi connectivity index (χ2v) is 5.93. The van der Waals surface area contributed by atoms with Gasteiger partial charge in [-0.1, -0.05) is 0 Å². The SMILES string of the molecule is CC(=O)C1=CC(CO)(N2C[C@@H](C)O[C@@H](C)C2)CC(F)=C1F. The van der Waals surface area contributed by atoms with Gasteiger partial charge in [-0.3, -0.25) is 9.69 Å². The molecular weight excluding hydrogens is 280 g/mol. The molecule has 2 rings (SSSR count). The smallest absolute Gasteiger partial charge is 0.165 e. The molecule has 0 radical (unpaired) electrons. The van der Waals surface area contributed by atoms with E-state index >= 15 is 0 Å². The number of aliphatic hydroxyl groups excluding tert-OH is 1. The molecule has 0 aromatic heterocycles. The third kappa shape index (κ3) is 3.07. The van der Waals surface area contributed by atoms with Crippen LogP contribution in [0.15, 0.2) is 23.3 Å². The van der Waals surface area contributed by atoms with Gasteiger partial charge in [-0.05, 0) is 26.8 Å². The summed E-state index contributed by atoms with van der Waals surface area (Å²) < 4.78 is 33.4. The van der Waals surface area contributed by atoms with Crippen LogP contribution in [0.2, 0.25) is 0 Å². The number of carbonyl (C=O) groups excluding carboxylic acids is 1. The van der Waals surface area contributed by atoms with Gasteiger partial charge in [0.1, 0.15) is 5.83 Å². The van der Waals surface area contributed by atoms with Crippen molar-refractivity contribution in [3.63, 3.8) is 0 Å². The maximum absolute atomic E-state index is 14.0. The second-order valence-electron chi connectivity index (χ2n) is 5.93. The molecule has 3 atom stereocenters. The molecule has 1 heterocycles. The predicted octanol–water partition coefficient (Wildman–Crippen LogP) is 1.90. The number of hydrogen-bond donors (Lipinski definition) is 1. The minimum atomic E-state index is -1.11. The van der Waals surface area contributed by atoms with Crippen molar-refractivity contribution in [3.05, 3.63) is 23.3 Å². The average molecular weight is 301 g/mol. The van der Waals surface area contributed by atoms with E-state index in [4.69, 9.17) is 4.74 Å². The van der Waals surface area contributed by atoms with Gasteiger partial charge < -0.3 is 9.84 Å². The van der Waals surface area contributed by atoms with Crippen molar-refractivity contribution in [2.75, 3.05) is 19.7 Å². The maximum atomic E-state index is 14.0. The van der Waals surface area contributed by atoms with Crippen LogP contribution in [-0.2, 0) is 9.53 Å². The molecule has 0 aromatic rings. The van der Waals surface area contributed by atoms with Crippen LogP contribution in [-0.4, -0.2) is 53.2 Å². The topological polar surface area (TPSA) is 49.8 Å². The maximum Gasteiger partial charge on any atom is 0.165 e. The van der Waals surface area contributed by atoms with E-state index in [2.05, 4.69) is 0 Å². The lowest BCUT2D eigenvalue weighted by Gasteiger charge is -2.47. The molecule has 21 heavy (non-hydrogen) atoms. The average Bonchev–Trinajstić information content (AvgIpc) is 2.40. The van der Waals surface area contributed by atoms with Gasteiger partial charge in [0.2, 0.25) is 0 Å². The number of carbonyl (C=O) groups is 1. The summed E-state index contributed by atoms with van der Waals surface area (Å²) in [6.45, 7) is 5.56. The zero-order valence-electron chi connectivity index (χ0n) is 12.5. The lowest BCUT2D eigenvalue weighted by molar-refractivity contribution is -0.114. The summed E-state index contributed by atoms with van der Waals surface area (Å²) in [6.07, 6.45) is 0.944. The molecule has 4 nitrogen and oxygen atoms in total. The molecule has 1 N–H and O–H groups in total. The van der Waals surface area contributed by atoms with Crippen LogP contribution < -0.4 is 0 Å². The van der Waals surface area contributed by atoms with Crippen LogP contribution in [0.1, 0.15) is 27.2 Å². The molecule has 0 amide bonds. The minimum absolute atomic E-state index is 0.0785. The largest absolute Gasteiger partial charge is 0.394 e. The summed E-state index contributed by atoms with van der Waals surface area (Å²) in [5, 5.41) is 9.82. The van der Waals surface area contributed by atoms with E-state index in [-0.39, 0.29) is 30.8 Å². The third-order valence-electron chi connectivity index (χ3n) is 4.05. The predicted molar refractivity (Wildman–Crippen MR) is 74.0 cm³/mol. The van der Waals surface area contributed by atoms with Gasteiger partial charge in [0.15, 0.2) is 11.6 Å². The first-order valence-electron chi connectivity index (χ1n) is 7.08. The van der Waals surface area contributed by atoms with Gasteiger partial charge in [-0.15, -0.1) is 0 Å². The summed E-state index contributed by atoms with van der Waals surface area (Å²) in [6, 6.07) is 0. The molecule has 1 aliphatic heterocycles. The first-order chi connectivity index (χ1) is 9.79. The summed E-state index contributed by atoms with van der Waals surface area (Å²) >= 11 is 0. The molecule has 1 unspecified atom stereocenters. The standard InChI is InChI=1S/C15H21F2NO3/c1-9-6-18(7-10(2)21-9)15(8-19)4-12(11(3)20)14(17)13(16)5-15/h4,9-10,19H,5-8H2,1-3H3/t9-,10+,15?. The Labute approximate surface area is 123 Å². The lowest BCUT2D eigenvalue weighted by Crippen LogP contribution is -2.59. The summed E-state index contributed by atoms with van der Waals surface area (Å²) in [5.41, 5.74) is -1.38.